The van der Waals surface area contributed by atoms with Crippen LogP contribution in [0.1, 0.15) is 48.6 Å². The summed E-state index contributed by atoms with van der Waals surface area (Å²) in [5, 5.41) is 0. The lowest BCUT2D eigenvalue weighted by Crippen LogP contribution is -2.46. The molecule has 3 aromatic carbocycles. The van der Waals surface area contributed by atoms with Crippen molar-refractivity contribution < 1.29 is 30.8 Å². The van der Waals surface area contributed by atoms with Crippen molar-refractivity contribution in [3.05, 3.63) is 107 Å². The number of nitrogens with zero attached hydrogens (tertiary/aromatic N) is 5. The van der Waals surface area contributed by atoms with E-state index < -0.39 is 33.6 Å². The Labute approximate surface area is 289 Å². The molecule has 0 spiro atoms. The first kappa shape index (κ1) is 35.6. The number of halogens is 4. The minimum atomic E-state index is -4.48. The zero-order valence-corrected chi connectivity index (χ0v) is 28.6. The lowest BCUT2D eigenvalue weighted by atomic mass is 10.0. The first-order valence-corrected chi connectivity index (χ1v) is 18.3. The highest BCUT2D eigenvalue weighted by Crippen LogP contribution is 2.32. The van der Waals surface area contributed by atoms with Crippen molar-refractivity contribution >= 4 is 21.8 Å². The Hall–Kier alpha value is -4.20. The van der Waals surface area contributed by atoms with Gasteiger partial charge in [-0.3, -0.25) is 9.69 Å². The van der Waals surface area contributed by atoms with Crippen molar-refractivity contribution in [1.29, 1.82) is 0 Å². The van der Waals surface area contributed by atoms with Gasteiger partial charge in [0.1, 0.15) is 5.82 Å². The van der Waals surface area contributed by atoms with E-state index in [0.29, 0.717) is 48.8 Å². The minimum Gasteiger partial charge on any atom is -0.338 e. The van der Waals surface area contributed by atoms with Crippen molar-refractivity contribution in [2.24, 2.45) is 0 Å². The molecular formula is C37H39F4N5O3S. The number of benzene rings is 3. The molecule has 1 atom stereocenters. The molecule has 2 saturated heterocycles. The third-order valence-electron chi connectivity index (χ3n) is 9.45. The summed E-state index contributed by atoms with van der Waals surface area (Å²) < 4.78 is 81.3. The van der Waals surface area contributed by atoms with Crippen LogP contribution >= 0.6 is 0 Å². The fourth-order valence-corrected chi connectivity index (χ4v) is 8.32. The van der Waals surface area contributed by atoms with Gasteiger partial charge in [-0.1, -0.05) is 43.3 Å². The zero-order chi connectivity index (χ0) is 35.5. The maximum Gasteiger partial charge on any atom is 0.416 e. The molecule has 0 amide bonds. The topological polar surface area (TPSA) is 86.7 Å². The summed E-state index contributed by atoms with van der Waals surface area (Å²) in [5.41, 5.74) is 3.29. The van der Waals surface area contributed by atoms with Gasteiger partial charge in [-0.2, -0.15) is 17.5 Å². The fraction of sp³-hybridized carbons (Fsp3) is 0.378. The number of carbonyl (C=O) groups excluding carboxylic acids is 1. The number of piperazine rings is 1. The molecule has 8 nitrogen and oxygen atoms in total. The van der Waals surface area contributed by atoms with Crippen molar-refractivity contribution in [3.63, 3.8) is 0 Å². The monoisotopic (exact) mass is 709 g/mol. The van der Waals surface area contributed by atoms with Crippen molar-refractivity contribution in [1.82, 2.24) is 19.2 Å². The first-order chi connectivity index (χ1) is 23.9. The van der Waals surface area contributed by atoms with Crippen LogP contribution < -0.4 is 4.90 Å². The maximum atomic E-state index is 13.5. The van der Waals surface area contributed by atoms with E-state index in [0.717, 1.165) is 50.3 Å². The smallest absolute Gasteiger partial charge is 0.338 e. The van der Waals surface area contributed by atoms with Gasteiger partial charge < -0.3 is 4.90 Å². The second-order valence-corrected chi connectivity index (χ2v) is 14.6. The Balaban J connectivity index is 1.20. The Morgan fingerprint density at radius 3 is 2.22 bits per heavy atom. The Morgan fingerprint density at radius 1 is 0.880 bits per heavy atom. The molecule has 0 N–H and O–H groups in total. The molecule has 0 bridgehead atoms. The standard InChI is InChI=1S/C37H39F4N5O3S/c1-2-26-6-3-4-7-28(26)25-44-20-22-45(23-21-44)36-42-31(24-33(43-36)27-9-11-29(12-10-27)37(39,40)41)15-18-35(47)34-8-5-19-46(34)50(48,49)32-16-13-30(38)14-17-32/h3-4,6-7,9-14,16-17,24,34H,2,5,8,15,18-23,25H2,1H3/t34-/m0/s1. The highest BCUT2D eigenvalue weighted by atomic mass is 32.2. The summed E-state index contributed by atoms with van der Waals surface area (Å²) in [4.78, 5) is 27.4. The normalized spacial score (nSPS) is 17.7. The van der Waals surface area contributed by atoms with Crippen molar-refractivity contribution in [2.45, 2.75) is 62.7 Å². The average molecular weight is 710 g/mol. The SMILES string of the molecule is CCc1ccccc1CN1CCN(c2nc(CCC(=O)[C@@H]3CCCN3S(=O)(=O)c3ccc(F)cc3)cc(-c3ccc(C(F)(F)F)cc3)n2)CC1. The predicted molar refractivity (Wildman–Crippen MR) is 182 cm³/mol. The number of rotatable bonds is 11. The third-order valence-corrected chi connectivity index (χ3v) is 11.4. The number of hydrogen-bond donors (Lipinski definition) is 0. The van der Waals surface area contributed by atoms with Crippen LogP contribution in [0.2, 0.25) is 0 Å². The largest absolute Gasteiger partial charge is 0.416 e. The summed E-state index contributed by atoms with van der Waals surface area (Å²) in [7, 11) is -4.01. The fourth-order valence-electron chi connectivity index (χ4n) is 6.64. The summed E-state index contributed by atoms with van der Waals surface area (Å²) in [6.07, 6.45) is -2.43. The van der Waals surface area contributed by atoms with Gasteiger partial charge in [0.2, 0.25) is 16.0 Å². The molecule has 2 fully saturated rings. The lowest BCUT2D eigenvalue weighted by molar-refractivity contribution is -0.137. The molecular weight excluding hydrogens is 670 g/mol. The maximum absolute atomic E-state index is 13.5. The van der Waals surface area contributed by atoms with E-state index in [9.17, 15) is 30.8 Å². The van der Waals surface area contributed by atoms with Gasteiger partial charge in [-0.25, -0.2) is 22.8 Å². The third kappa shape index (κ3) is 8.06. The zero-order valence-electron chi connectivity index (χ0n) is 27.7. The van der Waals surface area contributed by atoms with E-state index in [-0.39, 0.29) is 30.1 Å². The van der Waals surface area contributed by atoms with Crippen LogP contribution in [0.15, 0.2) is 83.8 Å². The molecule has 2 aliphatic heterocycles. The van der Waals surface area contributed by atoms with Crippen LogP contribution in [-0.2, 0) is 40.4 Å². The second kappa shape index (κ2) is 15.0. The Kier molecular flexibility index (Phi) is 10.7. The lowest BCUT2D eigenvalue weighted by Gasteiger charge is -2.35. The number of aromatic nitrogens is 2. The molecule has 0 aliphatic carbocycles. The van der Waals surface area contributed by atoms with Crippen LogP contribution in [0.3, 0.4) is 0 Å². The molecule has 1 aromatic heterocycles. The van der Waals surface area contributed by atoms with E-state index in [1.165, 1.54) is 39.7 Å². The number of Topliss-reactive ketones (excluding diaryl/α,β-unsaturated/α-hetero) is 1. The van der Waals surface area contributed by atoms with Crippen molar-refractivity contribution in [2.75, 3.05) is 37.6 Å². The summed E-state index contributed by atoms with van der Waals surface area (Å²) >= 11 is 0. The molecule has 0 unspecified atom stereocenters. The number of sulfonamides is 1. The molecule has 2 aliphatic rings. The second-order valence-electron chi connectivity index (χ2n) is 12.7. The quantitative estimate of drug-likeness (QED) is 0.164. The summed E-state index contributed by atoms with van der Waals surface area (Å²) in [6, 6.07) is 18.5. The van der Waals surface area contributed by atoms with Gasteiger partial charge >= 0.3 is 6.18 Å². The highest BCUT2D eigenvalue weighted by Gasteiger charge is 2.39. The van der Waals surface area contributed by atoms with Gasteiger partial charge in [0.05, 0.1) is 22.2 Å². The van der Waals surface area contributed by atoms with E-state index in [2.05, 4.69) is 28.9 Å². The molecule has 0 saturated carbocycles. The molecule has 0 radical (unpaired) electrons. The van der Waals surface area contributed by atoms with E-state index in [1.807, 2.05) is 12.1 Å². The predicted octanol–water partition coefficient (Wildman–Crippen LogP) is 6.54. The highest BCUT2D eigenvalue weighted by molar-refractivity contribution is 7.89. The van der Waals surface area contributed by atoms with Gasteiger partial charge in [0, 0.05) is 56.9 Å². The number of aryl methyl sites for hydroxylation is 2. The molecule has 13 heteroatoms. The van der Waals surface area contributed by atoms with Crippen LogP contribution in [-0.4, -0.2) is 72.1 Å². The number of carbonyl (C=O) groups is 1. The number of alkyl halides is 3. The Bertz CT molecular complexity index is 1910. The van der Waals surface area contributed by atoms with E-state index >= 15 is 0 Å². The number of hydrogen-bond acceptors (Lipinski definition) is 7. The van der Waals surface area contributed by atoms with Crippen molar-refractivity contribution in [3.8, 4) is 11.3 Å². The molecule has 50 heavy (non-hydrogen) atoms. The van der Waals surface area contributed by atoms with Crippen LogP contribution in [0, 0.1) is 5.82 Å². The first-order valence-electron chi connectivity index (χ1n) is 16.8. The molecule has 264 valence electrons. The average Bonchev–Trinajstić information content (AvgIpc) is 3.63. The minimum absolute atomic E-state index is 0.00756. The summed E-state index contributed by atoms with van der Waals surface area (Å²) in [6.45, 7) is 5.96. The van der Waals surface area contributed by atoms with Gasteiger partial charge in [0.15, 0.2) is 5.78 Å². The summed E-state index contributed by atoms with van der Waals surface area (Å²) in [5.74, 6) is -0.386. The van der Waals surface area contributed by atoms with Gasteiger partial charge in [-0.05, 0) is 79.3 Å². The number of ketones is 1. The number of anilines is 1. The molecule has 6 rings (SSSR count). The molecule has 3 heterocycles. The van der Waals surface area contributed by atoms with Crippen LogP contribution in [0.5, 0.6) is 0 Å². The molecule has 4 aromatic rings. The van der Waals surface area contributed by atoms with Gasteiger partial charge in [0.25, 0.3) is 0 Å². The van der Waals surface area contributed by atoms with E-state index in [1.54, 1.807) is 6.07 Å². The van der Waals surface area contributed by atoms with Gasteiger partial charge in [-0.15, -0.1) is 0 Å². The van der Waals surface area contributed by atoms with Crippen LogP contribution in [0.25, 0.3) is 11.3 Å². The van der Waals surface area contributed by atoms with Crippen LogP contribution in [0.4, 0.5) is 23.5 Å². The Morgan fingerprint density at radius 2 is 1.56 bits per heavy atom. The van der Waals surface area contributed by atoms with E-state index in [4.69, 9.17) is 9.97 Å².